The van der Waals surface area contributed by atoms with E-state index >= 15 is 0 Å². The van der Waals surface area contributed by atoms with Crippen LogP contribution in [0.4, 0.5) is 0 Å². The van der Waals surface area contributed by atoms with E-state index in [0.717, 1.165) is 16.2 Å². The van der Waals surface area contributed by atoms with Gasteiger partial charge in [-0.1, -0.05) is 30.3 Å². The lowest BCUT2D eigenvalue weighted by atomic mass is 10.00. The minimum Gasteiger partial charge on any atom is -0.348 e. The molecule has 24 heavy (non-hydrogen) atoms. The summed E-state index contributed by atoms with van der Waals surface area (Å²) >= 11 is 0. The highest BCUT2D eigenvalue weighted by Gasteiger charge is 2.29. The first-order chi connectivity index (χ1) is 11.5. The Bertz CT molecular complexity index is 1060. The third-order valence-electron chi connectivity index (χ3n) is 4.43. The molecule has 4 rings (SSSR count). The number of amides is 1. The Morgan fingerprint density at radius 2 is 1.92 bits per heavy atom. The Labute approximate surface area is 139 Å². The molecule has 122 valence electrons. The molecule has 2 heterocycles. The van der Waals surface area contributed by atoms with Crippen molar-refractivity contribution in [2.75, 3.05) is 11.5 Å². The van der Waals surface area contributed by atoms with Gasteiger partial charge in [0.05, 0.1) is 22.6 Å². The molecule has 3 aromatic rings. The summed E-state index contributed by atoms with van der Waals surface area (Å²) < 4.78 is 23.2. The van der Waals surface area contributed by atoms with Crippen LogP contribution in [0.25, 0.3) is 21.7 Å². The molecule has 1 atom stereocenters. The predicted molar refractivity (Wildman–Crippen MR) is 93.8 cm³/mol. The predicted octanol–water partition coefficient (Wildman–Crippen LogP) is 2.30. The second kappa shape index (κ2) is 5.56. The zero-order chi connectivity index (χ0) is 16.7. The maximum absolute atomic E-state index is 12.7. The van der Waals surface area contributed by atoms with Crippen LogP contribution in [0.5, 0.6) is 0 Å². The fourth-order valence-corrected chi connectivity index (χ4v) is 4.95. The van der Waals surface area contributed by atoms with E-state index in [1.165, 1.54) is 0 Å². The Morgan fingerprint density at radius 1 is 1.12 bits per heavy atom. The van der Waals surface area contributed by atoms with Crippen LogP contribution < -0.4 is 5.32 Å². The van der Waals surface area contributed by atoms with Crippen molar-refractivity contribution in [3.63, 3.8) is 0 Å². The van der Waals surface area contributed by atoms with E-state index < -0.39 is 9.84 Å². The van der Waals surface area contributed by atoms with Gasteiger partial charge in [-0.15, -0.1) is 0 Å². The third kappa shape index (κ3) is 2.63. The highest BCUT2D eigenvalue weighted by atomic mass is 32.2. The zero-order valence-electron chi connectivity index (χ0n) is 12.9. The highest BCUT2D eigenvalue weighted by Crippen LogP contribution is 2.27. The van der Waals surface area contributed by atoms with Crippen molar-refractivity contribution in [3.8, 4) is 0 Å². The van der Waals surface area contributed by atoms with Crippen LogP contribution >= 0.6 is 0 Å². The molecule has 0 aliphatic carbocycles. The molecule has 0 bridgehead atoms. The number of sulfone groups is 1. The number of hydrogen-bond acceptors (Lipinski definition) is 4. The van der Waals surface area contributed by atoms with Crippen molar-refractivity contribution in [3.05, 3.63) is 54.2 Å². The van der Waals surface area contributed by atoms with Gasteiger partial charge in [0.1, 0.15) is 0 Å². The second-order valence-electron chi connectivity index (χ2n) is 6.12. The molecule has 2 aromatic carbocycles. The van der Waals surface area contributed by atoms with Crippen molar-refractivity contribution in [2.45, 2.75) is 12.5 Å². The van der Waals surface area contributed by atoms with Crippen LogP contribution in [0.2, 0.25) is 0 Å². The average Bonchev–Trinajstić information content (AvgIpc) is 2.92. The molecule has 1 amide bonds. The summed E-state index contributed by atoms with van der Waals surface area (Å²) in [7, 11) is -3.03. The summed E-state index contributed by atoms with van der Waals surface area (Å²) in [4.78, 5) is 17.1. The quantitative estimate of drug-likeness (QED) is 0.726. The van der Waals surface area contributed by atoms with Gasteiger partial charge < -0.3 is 5.32 Å². The van der Waals surface area contributed by atoms with Crippen LogP contribution in [0.1, 0.15) is 16.8 Å². The molecular formula is C18H16N2O3S. The van der Waals surface area contributed by atoms with Crippen molar-refractivity contribution >= 4 is 37.4 Å². The van der Waals surface area contributed by atoms with E-state index in [2.05, 4.69) is 10.3 Å². The van der Waals surface area contributed by atoms with E-state index in [1.807, 2.05) is 42.5 Å². The van der Waals surface area contributed by atoms with Crippen molar-refractivity contribution < 1.29 is 13.2 Å². The first-order valence-electron chi connectivity index (χ1n) is 7.81. The highest BCUT2D eigenvalue weighted by molar-refractivity contribution is 7.91. The summed E-state index contributed by atoms with van der Waals surface area (Å²) in [5.74, 6) is -0.127. The molecule has 1 saturated heterocycles. The molecule has 1 fully saturated rings. The first kappa shape index (κ1) is 15.1. The fraction of sp³-hybridized carbons (Fsp3) is 0.222. The molecule has 0 saturated carbocycles. The summed E-state index contributed by atoms with van der Waals surface area (Å²) in [5.41, 5.74) is 1.11. The van der Waals surface area contributed by atoms with Gasteiger partial charge in [0, 0.05) is 17.6 Å². The van der Waals surface area contributed by atoms with E-state index in [0.29, 0.717) is 17.5 Å². The van der Waals surface area contributed by atoms with E-state index in [1.54, 1.807) is 6.20 Å². The second-order valence-corrected chi connectivity index (χ2v) is 8.35. The van der Waals surface area contributed by atoms with Gasteiger partial charge in [0.15, 0.2) is 9.84 Å². The molecule has 0 radical (unpaired) electrons. The van der Waals surface area contributed by atoms with Crippen LogP contribution in [-0.4, -0.2) is 36.9 Å². The molecule has 1 aliphatic rings. The van der Waals surface area contributed by atoms with Crippen molar-refractivity contribution in [2.24, 2.45) is 0 Å². The minimum absolute atomic E-state index is 0.0116. The fourth-order valence-electron chi connectivity index (χ4n) is 3.27. The van der Waals surface area contributed by atoms with Crippen molar-refractivity contribution in [1.29, 1.82) is 0 Å². The van der Waals surface area contributed by atoms with Crippen molar-refractivity contribution in [1.82, 2.24) is 10.3 Å². The maximum atomic E-state index is 12.7. The monoisotopic (exact) mass is 340 g/mol. The molecular weight excluding hydrogens is 324 g/mol. The van der Waals surface area contributed by atoms with Gasteiger partial charge in [-0.05, 0) is 29.3 Å². The van der Waals surface area contributed by atoms with Crippen LogP contribution in [0.15, 0.2) is 48.7 Å². The van der Waals surface area contributed by atoms with Gasteiger partial charge in [-0.25, -0.2) is 8.42 Å². The lowest BCUT2D eigenvalue weighted by Crippen LogP contribution is -2.35. The summed E-state index contributed by atoms with van der Waals surface area (Å²) in [6.45, 7) is 0. The normalized spacial score (nSPS) is 19.6. The summed E-state index contributed by atoms with van der Waals surface area (Å²) in [5, 5.41) is 5.77. The Hall–Kier alpha value is -2.47. The molecule has 5 nitrogen and oxygen atoms in total. The van der Waals surface area contributed by atoms with Crippen LogP contribution in [-0.2, 0) is 9.84 Å². The number of hydrogen-bond donors (Lipinski definition) is 1. The van der Waals surface area contributed by atoms with E-state index in [-0.39, 0.29) is 23.5 Å². The number of pyridine rings is 1. The van der Waals surface area contributed by atoms with Crippen LogP contribution in [0, 0.1) is 0 Å². The van der Waals surface area contributed by atoms with Gasteiger partial charge in [-0.2, -0.15) is 0 Å². The van der Waals surface area contributed by atoms with E-state index in [4.69, 9.17) is 0 Å². The number of rotatable bonds is 2. The number of aromatic nitrogens is 1. The molecule has 1 aromatic heterocycles. The number of carbonyl (C=O) groups is 1. The topological polar surface area (TPSA) is 76.1 Å². The Morgan fingerprint density at radius 3 is 2.71 bits per heavy atom. The van der Waals surface area contributed by atoms with Gasteiger partial charge in [0.2, 0.25) is 0 Å². The van der Waals surface area contributed by atoms with Gasteiger partial charge in [-0.3, -0.25) is 9.78 Å². The first-order valence-corrected chi connectivity index (χ1v) is 9.63. The molecule has 1 N–H and O–H groups in total. The summed E-state index contributed by atoms with van der Waals surface area (Å²) in [6, 6.07) is 13.1. The minimum atomic E-state index is -3.03. The van der Waals surface area contributed by atoms with E-state index in [9.17, 15) is 13.2 Å². The van der Waals surface area contributed by atoms with Gasteiger partial charge in [0.25, 0.3) is 5.91 Å². The zero-order valence-corrected chi connectivity index (χ0v) is 13.7. The number of nitrogens with one attached hydrogen (secondary N) is 1. The Balaban J connectivity index is 1.79. The average molecular weight is 340 g/mol. The standard InChI is InChI=1S/C18H16N2O3S/c21-18(20-13-7-9-24(22,23)11-13)16-10-12-4-1-2-5-14(12)15-6-3-8-19-17(15)16/h1-6,8,10,13H,7,9,11H2,(H,20,21)/t13-/m1/s1. The molecule has 0 unspecified atom stereocenters. The van der Waals surface area contributed by atoms with Gasteiger partial charge >= 0.3 is 0 Å². The number of carbonyl (C=O) groups excluding carboxylic acids is 1. The maximum Gasteiger partial charge on any atom is 0.253 e. The number of fused-ring (bicyclic) bond motifs is 3. The SMILES string of the molecule is O=C(N[C@@H]1CCS(=O)(=O)C1)c1cc2ccccc2c2cccnc12. The third-order valence-corrected chi connectivity index (χ3v) is 6.19. The molecule has 1 aliphatic heterocycles. The largest absolute Gasteiger partial charge is 0.348 e. The Kier molecular flexibility index (Phi) is 3.49. The smallest absolute Gasteiger partial charge is 0.253 e. The number of nitrogens with zero attached hydrogens (tertiary/aromatic N) is 1. The molecule has 0 spiro atoms. The number of benzene rings is 2. The summed E-state index contributed by atoms with van der Waals surface area (Å²) in [6.07, 6.45) is 2.13. The molecule has 6 heteroatoms. The lowest BCUT2D eigenvalue weighted by Gasteiger charge is -2.13. The van der Waals surface area contributed by atoms with Crippen LogP contribution in [0.3, 0.4) is 0 Å². The lowest BCUT2D eigenvalue weighted by molar-refractivity contribution is 0.0943.